The molecule has 0 N–H and O–H groups in total. The van der Waals surface area contributed by atoms with Crippen molar-refractivity contribution in [1.29, 1.82) is 0 Å². The van der Waals surface area contributed by atoms with E-state index in [0.717, 1.165) is 13.0 Å². The summed E-state index contributed by atoms with van der Waals surface area (Å²) >= 11 is 0. The molecule has 0 atom stereocenters. The summed E-state index contributed by atoms with van der Waals surface area (Å²) < 4.78 is 1.98. The van der Waals surface area contributed by atoms with Gasteiger partial charge in [0.25, 0.3) is 0 Å². The van der Waals surface area contributed by atoms with Crippen LogP contribution < -0.4 is 0 Å². The smallest absolute Gasteiger partial charge is 0.0622 e. The average molecular weight is 190 g/mol. The van der Waals surface area contributed by atoms with Crippen LogP contribution >= 0.6 is 0 Å². The lowest BCUT2D eigenvalue weighted by molar-refractivity contribution is 0.662. The van der Waals surface area contributed by atoms with E-state index in [1.165, 1.54) is 11.1 Å². The van der Waals surface area contributed by atoms with Crippen LogP contribution in [0.1, 0.15) is 25.8 Å². The number of hydrogen-bond donors (Lipinski definition) is 0. The molecule has 0 spiro atoms. The van der Waals surface area contributed by atoms with E-state index in [4.69, 9.17) is 0 Å². The van der Waals surface area contributed by atoms with Gasteiger partial charge in [-0.1, -0.05) is 25.2 Å². The van der Waals surface area contributed by atoms with Gasteiger partial charge >= 0.3 is 0 Å². The predicted molar refractivity (Wildman–Crippen MR) is 60.2 cm³/mol. The van der Waals surface area contributed by atoms with Gasteiger partial charge in [0.15, 0.2) is 0 Å². The standard InChI is InChI=1S/C12H18N2/c1-4-6-7-12(5-2)10-14-9-11(3)8-13-14/h4,6-9H,5,10H2,1-3H3/b6-4-,12-7+. The number of nitrogens with zero attached hydrogens (tertiary/aromatic N) is 2. The SMILES string of the molecule is C/C=C\C=C(/CC)Cn1cc(C)cn1. The molecular formula is C12H18N2. The molecule has 2 heteroatoms. The van der Waals surface area contributed by atoms with Gasteiger partial charge in [0.05, 0.1) is 12.7 Å². The van der Waals surface area contributed by atoms with Gasteiger partial charge in [-0.05, 0) is 31.4 Å². The molecule has 1 rings (SSSR count). The molecule has 0 saturated heterocycles. The fraction of sp³-hybridized carbons (Fsp3) is 0.417. The van der Waals surface area contributed by atoms with Gasteiger partial charge in [-0.25, -0.2) is 0 Å². The second kappa shape index (κ2) is 5.43. The number of hydrogen-bond acceptors (Lipinski definition) is 1. The molecule has 0 fully saturated rings. The first-order valence-corrected chi connectivity index (χ1v) is 5.06. The van der Waals surface area contributed by atoms with Crippen LogP contribution in [0.5, 0.6) is 0 Å². The van der Waals surface area contributed by atoms with Gasteiger partial charge in [0, 0.05) is 6.20 Å². The zero-order chi connectivity index (χ0) is 10.4. The van der Waals surface area contributed by atoms with Crippen LogP contribution in [0.3, 0.4) is 0 Å². The molecular weight excluding hydrogens is 172 g/mol. The molecule has 76 valence electrons. The topological polar surface area (TPSA) is 17.8 Å². The second-order valence-electron chi connectivity index (χ2n) is 3.42. The lowest BCUT2D eigenvalue weighted by atomic mass is 10.2. The molecule has 1 aromatic rings. The molecule has 1 aromatic heterocycles. The first-order valence-electron chi connectivity index (χ1n) is 5.06. The lowest BCUT2D eigenvalue weighted by Crippen LogP contribution is -2.00. The van der Waals surface area contributed by atoms with Gasteiger partial charge in [-0.3, -0.25) is 4.68 Å². The van der Waals surface area contributed by atoms with E-state index in [1.807, 2.05) is 23.9 Å². The van der Waals surface area contributed by atoms with Crippen LogP contribution in [0.4, 0.5) is 0 Å². The second-order valence-corrected chi connectivity index (χ2v) is 3.42. The first kappa shape index (κ1) is 10.8. The summed E-state index contributed by atoms with van der Waals surface area (Å²) in [5.41, 5.74) is 2.61. The largest absolute Gasteiger partial charge is 0.268 e. The van der Waals surface area contributed by atoms with Gasteiger partial charge in [-0.2, -0.15) is 5.10 Å². The van der Waals surface area contributed by atoms with Crippen molar-refractivity contribution in [3.8, 4) is 0 Å². The highest BCUT2D eigenvalue weighted by atomic mass is 15.3. The highest BCUT2D eigenvalue weighted by Crippen LogP contribution is 2.05. The van der Waals surface area contributed by atoms with E-state index in [2.05, 4.69) is 37.3 Å². The molecule has 0 saturated carbocycles. The Morgan fingerprint density at radius 1 is 1.57 bits per heavy atom. The highest BCUT2D eigenvalue weighted by Gasteiger charge is 1.96. The maximum absolute atomic E-state index is 4.26. The molecule has 0 unspecified atom stereocenters. The summed E-state index contributed by atoms with van der Waals surface area (Å²) in [6.07, 6.45) is 11.3. The Kier molecular flexibility index (Phi) is 4.17. The molecule has 0 amide bonds. The van der Waals surface area contributed by atoms with Crippen molar-refractivity contribution >= 4 is 0 Å². The summed E-state index contributed by atoms with van der Waals surface area (Å²) in [4.78, 5) is 0. The van der Waals surface area contributed by atoms with Gasteiger partial charge in [0.1, 0.15) is 0 Å². The van der Waals surface area contributed by atoms with E-state index >= 15 is 0 Å². The Balaban J connectivity index is 2.65. The third-order valence-electron chi connectivity index (χ3n) is 2.11. The number of aryl methyl sites for hydroxylation is 1. The molecule has 1 heterocycles. The van der Waals surface area contributed by atoms with E-state index in [-0.39, 0.29) is 0 Å². The summed E-state index contributed by atoms with van der Waals surface area (Å²) in [5.74, 6) is 0. The summed E-state index contributed by atoms with van der Waals surface area (Å²) in [7, 11) is 0. The minimum absolute atomic E-state index is 0.898. The molecule has 14 heavy (non-hydrogen) atoms. The monoisotopic (exact) mass is 190 g/mol. The van der Waals surface area contributed by atoms with Crippen LogP contribution in [0.2, 0.25) is 0 Å². The molecule has 0 aliphatic rings. The van der Waals surface area contributed by atoms with Crippen molar-refractivity contribution in [2.75, 3.05) is 0 Å². The quantitative estimate of drug-likeness (QED) is 0.667. The molecule has 0 bridgehead atoms. The fourth-order valence-electron chi connectivity index (χ4n) is 1.28. The van der Waals surface area contributed by atoms with Crippen LogP contribution in [0, 0.1) is 6.92 Å². The third kappa shape index (κ3) is 3.21. The minimum atomic E-state index is 0.898. The molecule has 2 nitrogen and oxygen atoms in total. The van der Waals surface area contributed by atoms with Crippen molar-refractivity contribution in [3.63, 3.8) is 0 Å². The summed E-state index contributed by atoms with van der Waals surface area (Å²) in [6, 6.07) is 0. The molecule has 0 aromatic carbocycles. The van der Waals surface area contributed by atoms with E-state index < -0.39 is 0 Å². The third-order valence-corrected chi connectivity index (χ3v) is 2.11. The number of allylic oxidation sites excluding steroid dienone is 4. The van der Waals surface area contributed by atoms with Crippen molar-refractivity contribution in [3.05, 3.63) is 41.8 Å². The first-order chi connectivity index (χ1) is 6.76. The fourth-order valence-corrected chi connectivity index (χ4v) is 1.28. The zero-order valence-electron chi connectivity index (χ0n) is 9.20. The Hall–Kier alpha value is -1.31. The van der Waals surface area contributed by atoms with E-state index in [0.29, 0.717) is 0 Å². The van der Waals surface area contributed by atoms with Crippen LogP contribution in [-0.4, -0.2) is 9.78 Å². The van der Waals surface area contributed by atoms with Gasteiger partial charge in [0.2, 0.25) is 0 Å². The van der Waals surface area contributed by atoms with E-state index in [9.17, 15) is 0 Å². The van der Waals surface area contributed by atoms with Crippen LogP contribution in [-0.2, 0) is 6.54 Å². The number of rotatable bonds is 4. The van der Waals surface area contributed by atoms with Gasteiger partial charge in [-0.15, -0.1) is 0 Å². The van der Waals surface area contributed by atoms with Crippen LogP contribution in [0.15, 0.2) is 36.2 Å². The van der Waals surface area contributed by atoms with Gasteiger partial charge < -0.3 is 0 Å². The minimum Gasteiger partial charge on any atom is -0.268 e. The lowest BCUT2D eigenvalue weighted by Gasteiger charge is -2.03. The van der Waals surface area contributed by atoms with Crippen molar-refractivity contribution in [1.82, 2.24) is 9.78 Å². The maximum atomic E-state index is 4.26. The Morgan fingerprint density at radius 3 is 2.86 bits per heavy atom. The molecule has 0 radical (unpaired) electrons. The predicted octanol–water partition coefficient (Wildman–Crippen LogP) is 3.10. The number of aromatic nitrogens is 2. The summed E-state index contributed by atoms with van der Waals surface area (Å²) in [6.45, 7) is 7.16. The highest BCUT2D eigenvalue weighted by molar-refractivity contribution is 5.12. The Morgan fingerprint density at radius 2 is 2.36 bits per heavy atom. The van der Waals surface area contributed by atoms with Crippen molar-refractivity contribution < 1.29 is 0 Å². The zero-order valence-corrected chi connectivity index (χ0v) is 9.20. The van der Waals surface area contributed by atoms with Crippen molar-refractivity contribution in [2.45, 2.75) is 33.7 Å². The molecule has 0 aliphatic carbocycles. The maximum Gasteiger partial charge on any atom is 0.0622 e. The molecule has 0 aliphatic heterocycles. The van der Waals surface area contributed by atoms with Crippen molar-refractivity contribution in [2.24, 2.45) is 0 Å². The average Bonchev–Trinajstić information content (AvgIpc) is 2.58. The Labute approximate surface area is 85.9 Å². The summed E-state index contributed by atoms with van der Waals surface area (Å²) in [5, 5.41) is 4.26. The van der Waals surface area contributed by atoms with Crippen LogP contribution in [0.25, 0.3) is 0 Å². The normalized spacial score (nSPS) is 12.6. The Bertz CT molecular complexity index is 332. The van der Waals surface area contributed by atoms with E-state index in [1.54, 1.807) is 0 Å².